The lowest BCUT2D eigenvalue weighted by Gasteiger charge is -2.20. The zero-order chi connectivity index (χ0) is 26.2. The SMILES string of the molecule is O=C(CC1CCCCC1)Nc1cncc(-c2cnc3n[nH]c(-c4nc5c(-c6cccs6)nccc5[nH]4)c3c2)c1. The van der Waals surface area contributed by atoms with E-state index in [1.807, 2.05) is 35.7 Å². The number of H-pyrrole nitrogens is 2. The molecule has 0 aliphatic heterocycles. The smallest absolute Gasteiger partial charge is 0.224 e. The van der Waals surface area contributed by atoms with Crippen LogP contribution in [0.3, 0.4) is 0 Å². The number of nitrogens with one attached hydrogen (secondary N) is 3. The Kier molecular flexibility index (Phi) is 6.08. The molecule has 9 nitrogen and oxygen atoms in total. The number of aromatic amines is 2. The molecule has 0 saturated heterocycles. The highest BCUT2D eigenvalue weighted by Crippen LogP contribution is 2.33. The fourth-order valence-electron chi connectivity index (χ4n) is 5.42. The van der Waals surface area contributed by atoms with Crippen LogP contribution in [0.25, 0.3) is 55.3 Å². The Morgan fingerprint density at radius 1 is 1.05 bits per heavy atom. The quantitative estimate of drug-likeness (QED) is 0.221. The minimum absolute atomic E-state index is 0.0489. The first-order valence-electron chi connectivity index (χ1n) is 13.2. The molecule has 6 aromatic rings. The lowest BCUT2D eigenvalue weighted by atomic mass is 9.87. The predicted octanol–water partition coefficient (Wildman–Crippen LogP) is 6.60. The maximum atomic E-state index is 12.7. The number of thiophene rings is 1. The molecular weight excluding hydrogens is 508 g/mol. The normalized spacial score (nSPS) is 14.3. The summed E-state index contributed by atoms with van der Waals surface area (Å²) < 4.78 is 0. The summed E-state index contributed by atoms with van der Waals surface area (Å²) >= 11 is 1.63. The van der Waals surface area contributed by atoms with E-state index in [4.69, 9.17) is 4.98 Å². The topological polar surface area (TPSA) is 125 Å². The van der Waals surface area contributed by atoms with Crippen LogP contribution in [-0.4, -0.2) is 41.0 Å². The second-order valence-corrected chi connectivity index (χ2v) is 11.0. The van der Waals surface area contributed by atoms with Crippen molar-refractivity contribution in [2.75, 3.05) is 5.32 Å². The molecule has 1 aliphatic rings. The number of anilines is 1. The van der Waals surface area contributed by atoms with Gasteiger partial charge in [0.2, 0.25) is 5.91 Å². The minimum atomic E-state index is 0.0489. The number of imidazole rings is 1. The van der Waals surface area contributed by atoms with Crippen molar-refractivity contribution in [2.24, 2.45) is 5.92 Å². The number of pyridine rings is 3. The van der Waals surface area contributed by atoms with Crippen molar-refractivity contribution in [1.82, 2.24) is 35.1 Å². The summed E-state index contributed by atoms with van der Waals surface area (Å²) in [5.74, 6) is 1.20. The highest BCUT2D eigenvalue weighted by molar-refractivity contribution is 7.13. The van der Waals surface area contributed by atoms with Crippen molar-refractivity contribution in [3.63, 3.8) is 0 Å². The molecule has 10 heteroatoms. The summed E-state index contributed by atoms with van der Waals surface area (Å²) in [4.78, 5) is 35.6. The average molecular weight is 535 g/mol. The molecule has 0 aromatic carbocycles. The molecule has 0 unspecified atom stereocenters. The molecule has 0 radical (unpaired) electrons. The van der Waals surface area contributed by atoms with Crippen LogP contribution in [-0.2, 0) is 4.79 Å². The van der Waals surface area contributed by atoms with Crippen molar-refractivity contribution < 1.29 is 4.79 Å². The van der Waals surface area contributed by atoms with Gasteiger partial charge in [-0.3, -0.25) is 19.9 Å². The van der Waals surface area contributed by atoms with Gasteiger partial charge in [-0.1, -0.05) is 25.3 Å². The molecule has 0 bridgehead atoms. The third kappa shape index (κ3) is 4.67. The van der Waals surface area contributed by atoms with Crippen LogP contribution in [0, 0.1) is 5.92 Å². The van der Waals surface area contributed by atoms with Gasteiger partial charge in [-0.05, 0) is 48.4 Å². The first-order valence-corrected chi connectivity index (χ1v) is 14.1. The van der Waals surface area contributed by atoms with Crippen molar-refractivity contribution in [1.29, 1.82) is 0 Å². The van der Waals surface area contributed by atoms with Gasteiger partial charge in [0.15, 0.2) is 11.5 Å². The summed E-state index contributed by atoms with van der Waals surface area (Å²) in [5, 5.41) is 13.4. The fraction of sp³-hybridized carbons (Fsp3) is 0.241. The first kappa shape index (κ1) is 23.7. The number of aromatic nitrogens is 7. The van der Waals surface area contributed by atoms with E-state index in [-0.39, 0.29) is 5.91 Å². The molecule has 7 rings (SSSR count). The highest BCUT2D eigenvalue weighted by Gasteiger charge is 2.19. The number of carbonyl (C=O) groups is 1. The van der Waals surface area contributed by atoms with Crippen molar-refractivity contribution in [3.05, 3.63) is 60.5 Å². The van der Waals surface area contributed by atoms with Gasteiger partial charge in [-0.25, -0.2) is 9.97 Å². The summed E-state index contributed by atoms with van der Waals surface area (Å²) in [6.45, 7) is 0. The molecule has 194 valence electrons. The monoisotopic (exact) mass is 534 g/mol. The van der Waals surface area contributed by atoms with E-state index in [1.54, 1.807) is 36.1 Å². The van der Waals surface area contributed by atoms with Gasteiger partial charge < -0.3 is 10.3 Å². The Morgan fingerprint density at radius 2 is 1.95 bits per heavy atom. The Bertz CT molecular complexity index is 1780. The Labute approximate surface area is 228 Å². The maximum Gasteiger partial charge on any atom is 0.224 e. The fourth-order valence-corrected chi connectivity index (χ4v) is 6.14. The number of nitrogens with zero attached hydrogens (tertiary/aromatic N) is 5. The number of rotatable bonds is 6. The van der Waals surface area contributed by atoms with E-state index in [1.165, 1.54) is 19.3 Å². The average Bonchev–Trinajstić information content (AvgIpc) is 3.73. The lowest BCUT2D eigenvalue weighted by molar-refractivity contribution is -0.117. The Morgan fingerprint density at radius 3 is 2.82 bits per heavy atom. The first-order chi connectivity index (χ1) is 19.2. The van der Waals surface area contributed by atoms with Gasteiger partial charge in [0.05, 0.1) is 27.7 Å². The maximum absolute atomic E-state index is 12.7. The molecule has 1 aliphatic carbocycles. The molecule has 39 heavy (non-hydrogen) atoms. The van der Waals surface area contributed by atoms with Crippen LogP contribution in [0.1, 0.15) is 38.5 Å². The standard InChI is InChI=1S/C29H26N8OS/c38-24(11-17-5-2-1-3-6-17)33-20-12-18(14-30-16-20)19-13-21-25(36-37-28(21)32-15-19)29-34-22-8-9-31-27(26(22)35-29)23-7-4-10-39-23/h4,7-10,12-17H,1-3,5-6,11H2,(H,33,38)(H,34,35)(H,32,36,37). The molecule has 1 saturated carbocycles. The molecule has 3 N–H and O–H groups in total. The lowest BCUT2D eigenvalue weighted by Crippen LogP contribution is -2.18. The highest BCUT2D eigenvalue weighted by atomic mass is 32.1. The summed E-state index contributed by atoms with van der Waals surface area (Å²) in [7, 11) is 0. The van der Waals surface area contributed by atoms with Gasteiger partial charge in [0.1, 0.15) is 16.9 Å². The Balaban J connectivity index is 1.19. The predicted molar refractivity (Wildman–Crippen MR) is 153 cm³/mol. The summed E-state index contributed by atoms with van der Waals surface area (Å²) in [6.07, 6.45) is 13.6. The van der Waals surface area contributed by atoms with Crippen molar-refractivity contribution in [2.45, 2.75) is 38.5 Å². The number of carbonyl (C=O) groups excluding carboxylic acids is 1. The molecule has 0 spiro atoms. The van der Waals surface area contributed by atoms with Crippen LogP contribution < -0.4 is 5.32 Å². The molecule has 0 atom stereocenters. The van der Waals surface area contributed by atoms with Gasteiger partial charge >= 0.3 is 0 Å². The van der Waals surface area contributed by atoms with Gasteiger partial charge in [-0.15, -0.1) is 11.3 Å². The number of hydrogen-bond acceptors (Lipinski definition) is 7. The minimum Gasteiger partial charge on any atom is -0.337 e. The zero-order valence-corrected chi connectivity index (χ0v) is 22.0. The summed E-state index contributed by atoms with van der Waals surface area (Å²) in [5.41, 5.74) is 6.32. The van der Waals surface area contributed by atoms with Crippen molar-refractivity contribution in [3.8, 4) is 33.2 Å². The largest absolute Gasteiger partial charge is 0.337 e. The third-order valence-electron chi connectivity index (χ3n) is 7.36. The zero-order valence-electron chi connectivity index (χ0n) is 21.1. The van der Waals surface area contributed by atoms with Crippen LogP contribution in [0.15, 0.2) is 60.5 Å². The Hall–Kier alpha value is -4.44. The van der Waals surface area contributed by atoms with Crippen LogP contribution in [0.5, 0.6) is 0 Å². The second kappa shape index (κ2) is 10.0. The number of fused-ring (bicyclic) bond motifs is 2. The second-order valence-electron chi connectivity index (χ2n) is 10.0. The molecule has 6 heterocycles. The van der Waals surface area contributed by atoms with E-state index in [0.717, 1.165) is 56.7 Å². The molecule has 6 aromatic heterocycles. The summed E-state index contributed by atoms with van der Waals surface area (Å²) in [6, 6.07) is 9.94. The van der Waals surface area contributed by atoms with Gasteiger partial charge in [0, 0.05) is 36.1 Å². The van der Waals surface area contributed by atoms with Crippen LogP contribution >= 0.6 is 11.3 Å². The van der Waals surface area contributed by atoms with E-state index < -0.39 is 0 Å². The molecule has 1 fully saturated rings. The van der Waals surface area contributed by atoms with Gasteiger partial charge in [0.25, 0.3) is 0 Å². The van der Waals surface area contributed by atoms with Crippen LogP contribution in [0.2, 0.25) is 0 Å². The van der Waals surface area contributed by atoms with E-state index in [9.17, 15) is 4.79 Å². The molecular formula is C29H26N8OS. The number of amides is 1. The molecule has 1 amide bonds. The van der Waals surface area contributed by atoms with E-state index in [2.05, 4.69) is 35.5 Å². The van der Waals surface area contributed by atoms with Crippen molar-refractivity contribution >= 4 is 45.0 Å². The van der Waals surface area contributed by atoms with E-state index >= 15 is 0 Å². The van der Waals surface area contributed by atoms with Gasteiger partial charge in [-0.2, -0.15) is 5.10 Å². The van der Waals surface area contributed by atoms with E-state index in [0.29, 0.717) is 29.5 Å². The third-order valence-corrected chi connectivity index (χ3v) is 8.23. The van der Waals surface area contributed by atoms with Crippen LogP contribution in [0.4, 0.5) is 5.69 Å². The number of hydrogen-bond donors (Lipinski definition) is 3.